The maximum absolute atomic E-state index is 13.7. The number of hydrogen-bond donors (Lipinski definition) is 0. The van der Waals surface area contributed by atoms with Gasteiger partial charge in [0, 0.05) is 25.8 Å². The van der Waals surface area contributed by atoms with Crippen molar-refractivity contribution in [3.8, 4) is 0 Å². The van der Waals surface area contributed by atoms with Crippen LogP contribution >= 0.6 is 24.0 Å². The molecule has 186 valence electrons. The van der Waals surface area contributed by atoms with E-state index in [1.54, 1.807) is 21.6 Å². The number of aromatic nitrogens is 2. The lowest BCUT2D eigenvalue weighted by Crippen LogP contribution is -2.36. The number of pyridine rings is 1. The molecule has 1 aromatic carbocycles. The molecule has 36 heavy (non-hydrogen) atoms. The fourth-order valence-electron chi connectivity index (χ4n) is 4.80. The van der Waals surface area contributed by atoms with Crippen molar-refractivity contribution < 1.29 is 4.79 Å². The Bertz CT molecular complexity index is 1390. The molecule has 0 spiro atoms. The molecule has 8 heteroatoms. The summed E-state index contributed by atoms with van der Waals surface area (Å²) >= 11 is 6.83. The minimum absolute atomic E-state index is 0.134. The van der Waals surface area contributed by atoms with Crippen LogP contribution in [0, 0.1) is 12.8 Å². The van der Waals surface area contributed by atoms with E-state index in [0.29, 0.717) is 38.7 Å². The van der Waals surface area contributed by atoms with Crippen LogP contribution in [-0.4, -0.2) is 44.1 Å². The van der Waals surface area contributed by atoms with Gasteiger partial charge in [-0.25, -0.2) is 4.98 Å². The third-order valence-electron chi connectivity index (χ3n) is 6.99. The number of nitrogens with zero attached hydrogens (tertiary/aromatic N) is 4. The van der Waals surface area contributed by atoms with Gasteiger partial charge in [-0.2, -0.15) is 0 Å². The highest BCUT2D eigenvalue weighted by Gasteiger charge is 2.33. The molecular formula is C28H30N4O2S2. The number of anilines is 1. The molecule has 2 aromatic heterocycles. The third-order valence-corrected chi connectivity index (χ3v) is 8.36. The molecule has 2 saturated heterocycles. The SMILES string of the molecule is Cc1cccn2c(=O)c(C=C3SC(=S)N(CCCc4ccccc4)C3=O)c(N3CCC(C)CC3)nc12. The summed E-state index contributed by atoms with van der Waals surface area (Å²) < 4.78 is 2.12. The van der Waals surface area contributed by atoms with Crippen molar-refractivity contribution in [3.63, 3.8) is 0 Å². The van der Waals surface area contributed by atoms with Crippen LogP contribution in [0.25, 0.3) is 11.7 Å². The summed E-state index contributed by atoms with van der Waals surface area (Å²) in [5.41, 5.74) is 3.13. The maximum Gasteiger partial charge on any atom is 0.267 e. The Balaban J connectivity index is 1.46. The molecular weight excluding hydrogens is 488 g/mol. The minimum Gasteiger partial charge on any atom is -0.356 e. The lowest BCUT2D eigenvalue weighted by Gasteiger charge is -2.32. The van der Waals surface area contributed by atoms with E-state index in [9.17, 15) is 9.59 Å². The van der Waals surface area contributed by atoms with Crippen LogP contribution in [0.2, 0.25) is 0 Å². The highest BCUT2D eigenvalue weighted by molar-refractivity contribution is 8.26. The zero-order valence-corrected chi connectivity index (χ0v) is 22.3. The van der Waals surface area contributed by atoms with Gasteiger partial charge in [0.1, 0.15) is 15.8 Å². The second-order valence-corrected chi connectivity index (χ2v) is 11.3. The fourth-order valence-corrected chi connectivity index (χ4v) is 6.09. The number of benzene rings is 1. The summed E-state index contributed by atoms with van der Waals surface area (Å²) in [7, 11) is 0. The van der Waals surface area contributed by atoms with E-state index in [0.717, 1.165) is 44.3 Å². The summed E-state index contributed by atoms with van der Waals surface area (Å²) in [4.78, 5) is 36.3. The Labute approximate surface area is 221 Å². The van der Waals surface area contributed by atoms with Crippen molar-refractivity contribution in [1.82, 2.24) is 14.3 Å². The Kier molecular flexibility index (Phi) is 7.25. The molecule has 2 aliphatic rings. The molecule has 1 amide bonds. The van der Waals surface area contributed by atoms with Crippen molar-refractivity contribution in [3.05, 3.63) is 80.6 Å². The quantitative estimate of drug-likeness (QED) is 0.335. The van der Waals surface area contributed by atoms with Crippen LogP contribution in [0.1, 0.15) is 42.9 Å². The molecule has 0 unspecified atom stereocenters. The number of thiocarbonyl (C=S) groups is 1. The maximum atomic E-state index is 13.7. The topological polar surface area (TPSA) is 57.9 Å². The number of carbonyl (C=O) groups is 1. The van der Waals surface area contributed by atoms with Gasteiger partial charge in [0.2, 0.25) is 0 Å². The zero-order valence-electron chi connectivity index (χ0n) is 20.6. The van der Waals surface area contributed by atoms with Crippen molar-refractivity contribution in [2.75, 3.05) is 24.5 Å². The molecule has 0 atom stereocenters. The molecule has 0 radical (unpaired) electrons. The van der Waals surface area contributed by atoms with Gasteiger partial charge in [-0.15, -0.1) is 0 Å². The van der Waals surface area contributed by atoms with Gasteiger partial charge in [0.15, 0.2) is 0 Å². The van der Waals surface area contributed by atoms with Crippen LogP contribution in [0.3, 0.4) is 0 Å². The zero-order chi connectivity index (χ0) is 25.2. The van der Waals surface area contributed by atoms with E-state index in [-0.39, 0.29) is 11.5 Å². The Morgan fingerprint density at radius 2 is 1.86 bits per heavy atom. The Hall–Kier alpha value is -2.97. The van der Waals surface area contributed by atoms with E-state index in [2.05, 4.69) is 24.0 Å². The first-order valence-corrected chi connectivity index (χ1v) is 13.7. The van der Waals surface area contributed by atoms with Crippen LogP contribution in [0.15, 0.2) is 58.4 Å². The first-order chi connectivity index (χ1) is 17.4. The smallest absolute Gasteiger partial charge is 0.267 e. The average molecular weight is 519 g/mol. The number of amides is 1. The molecule has 0 aliphatic carbocycles. The summed E-state index contributed by atoms with van der Waals surface area (Å²) in [6.07, 6.45) is 7.26. The number of aryl methyl sites for hydroxylation is 2. The molecule has 2 fully saturated rings. The second-order valence-electron chi connectivity index (χ2n) is 9.63. The standard InChI is InChI=1S/C28H30N4O2S2/c1-19-12-16-30(17-13-19)25-22(26(33)31-14-6-8-20(2)24(31)29-25)18-23-27(34)32(28(35)36-23)15-7-11-21-9-4-3-5-10-21/h3-6,8-10,14,18-19H,7,11-13,15-17H2,1-2H3. The number of fused-ring (bicyclic) bond motifs is 1. The first-order valence-electron chi connectivity index (χ1n) is 12.5. The third kappa shape index (κ3) is 4.97. The molecule has 0 saturated carbocycles. The van der Waals surface area contributed by atoms with E-state index in [1.807, 2.05) is 37.3 Å². The molecule has 3 aromatic rings. The van der Waals surface area contributed by atoms with Crippen molar-refractivity contribution in [2.45, 2.75) is 39.5 Å². The van der Waals surface area contributed by atoms with Crippen LogP contribution < -0.4 is 10.5 Å². The van der Waals surface area contributed by atoms with Gasteiger partial charge < -0.3 is 4.90 Å². The number of thioether (sulfide) groups is 1. The van der Waals surface area contributed by atoms with Gasteiger partial charge >= 0.3 is 0 Å². The van der Waals surface area contributed by atoms with E-state index < -0.39 is 0 Å². The van der Waals surface area contributed by atoms with Crippen molar-refractivity contribution in [1.29, 1.82) is 0 Å². The van der Waals surface area contributed by atoms with Crippen LogP contribution in [0.4, 0.5) is 5.82 Å². The number of piperidine rings is 1. The summed E-state index contributed by atoms with van der Waals surface area (Å²) in [5, 5.41) is 0. The molecule has 0 N–H and O–H groups in total. The molecule has 4 heterocycles. The molecule has 5 rings (SSSR count). The fraction of sp³-hybridized carbons (Fsp3) is 0.357. The first kappa shape index (κ1) is 24.7. The summed E-state index contributed by atoms with van der Waals surface area (Å²) in [6.45, 7) is 6.47. The van der Waals surface area contributed by atoms with Gasteiger partial charge in [0.25, 0.3) is 11.5 Å². The lowest BCUT2D eigenvalue weighted by molar-refractivity contribution is -0.122. The van der Waals surface area contributed by atoms with Gasteiger partial charge in [-0.1, -0.05) is 67.3 Å². The largest absolute Gasteiger partial charge is 0.356 e. The Morgan fingerprint density at radius 1 is 1.11 bits per heavy atom. The van der Waals surface area contributed by atoms with Crippen molar-refractivity contribution in [2.24, 2.45) is 5.92 Å². The Morgan fingerprint density at radius 3 is 2.61 bits per heavy atom. The van der Waals surface area contributed by atoms with E-state index >= 15 is 0 Å². The van der Waals surface area contributed by atoms with Crippen LogP contribution in [-0.2, 0) is 11.2 Å². The van der Waals surface area contributed by atoms with Crippen molar-refractivity contribution >= 4 is 51.7 Å². The van der Waals surface area contributed by atoms with E-state index in [1.165, 1.54) is 17.3 Å². The summed E-state index contributed by atoms with van der Waals surface area (Å²) in [6, 6.07) is 14.0. The van der Waals surface area contributed by atoms with Gasteiger partial charge in [-0.05, 0) is 61.8 Å². The molecule has 6 nitrogen and oxygen atoms in total. The number of hydrogen-bond acceptors (Lipinski definition) is 6. The number of carbonyl (C=O) groups excluding carboxylic acids is 1. The monoisotopic (exact) mass is 518 g/mol. The van der Waals surface area contributed by atoms with E-state index in [4.69, 9.17) is 17.2 Å². The molecule has 0 bridgehead atoms. The number of rotatable bonds is 6. The van der Waals surface area contributed by atoms with Crippen LogP contribution in [0.5, 0.6) is 0 Å². The molecule has 2 aliphatic heterocycles. The normalized spacial score (nSPS) is 18.1. The predicted octanol–water partition coefficient (Wildman–Crippen LogP) is 5.07. The highest BCUT2D eigenvalue weighted by Crippen LogP contribution is 2.34. The average Bonchev–Trinajstić information content (AvgIpc) is 3.14. The lowest BCUT2D eigenvalue weighted by atomic mass is 9.99. The van der Waals surface area contributed by atoms with Gasteiger partial charge in [0.05, 0.1) is 10.5 Å². The highest BCUT2D eigenvalue weighted by atomic mass is 32.2. The van der Waals surface area contributed by atoms with Gasteiger partial charge in [-0.3, -0.25) is 18.9 Å². The summed E-state index contributed by atoms with van der Waals surface area (Å²) in [5.74, 6) is 1.18. The minimum atomic E-state index is -0.160. The predicted molar refractivity (Wildman–Crippen MR) is 151 cm³/mol. The second kappa shape index (κ2) is 10.6.